The average molecular weight is 563 g/mol. The number of aromatic nitrogens is 3. The lowest BCUT2D eigenvalue weighted by atomic mass is 10.2. The molecule has 33 heavy (non-hydrogen) atoms. The van der Waals surface area contributed by atoms with E-state index in [9.17, 15) is 0 Å². The molecule has 0 saturated carbocycles. The molecule has 9 nitrogen and oxygen atoms in total. The number of ether oxygens (including phenoxy) is 1. The van der Waals surface area contributed by atoms with Crippen molar-refractivity contribution in [1.29, 1.82) is 0 Å². The minimum atomic E-state index is 0. The predicted molar refractivity (Wildman–Crippen MR) is 139 cm³/mol. The van der Waals surface area contributed by atoms with Gasteiger partial charge in [0.1, 0.15) is 11.4 Å². The maximum atomic E-state index is 5.36. The van der Waals surface area contributed by atoms with Gasteiger partial charge in [0.25, 0.3) is 5.89 Å². The van der Waals surface area contributed by atoms with Gasteiger partial charge in [-0.15, -0.1) is 24.0 Å². The van der Waals surface area contributed by atoms with E-state index in [1.54, 1.807) is 13.3 Å². The third-order valence-electron chi connectivity index (χ3n) is 5.28. The number of hydrogen-bond donors (Lipinski definition) is 1. The van der Waals surface area contributed by atoms with E-state index in [2.05, 4.69) is 49.3 Å². The van der Waals surface area contributed by atoms with Gasteiger partial charge in [-0.2, -0.15) is 4.98 Å². The van der Waals surface area contributed by atoms with Gasteiger partial charge in [-0.1, -0.05) is 17.3 Å². The molecular formula is C23H30IN7O2. The van der Waals surface area contributed by atoms with Crippen LogP contribution in [0.2, 0.25) is 0 Å². The second-order valence-corrected chi connectivity index (χ2v) is 7.39. The van der Waals surface area contributed by atoms with Crippen LogP contribution in [0.1, 0.15) is 12.7 Å². The van der Waals surface area contributed by atoms with Crippen LogP contribution in [0, 0.1) is 0 Å². The Hall–Kier alpha value is -2.89. The van der Waals surface area contributed by atoms with Crippen molar-refractivity contribution in [3.05, 3.63) is 54.5 Å². The van der Waals surface area contributed by atoms with Crippen LogP contribution in [0.25, 0.3) is 11.6 Å². The van der Waals surface area contributed by atoms with Crippen molar-refractivity contribution in [2.45, 2.75) is 13.3 Å². The number of methoxy groups -OCH3 is 1. The number of nitrogens with zero attached hydrogens (tertiary/aromatic N) is 6. The lowest BCUT2D eigenvalue weighted by Crippen LogP contribution is -2.52. The summed E-state index contributed by atoms with van der Waals surface area (Å²) in [5.74, 6) is 2.87. The predicted octanol–water partition coefficient (Wildman–Crippen LogP) is 3.09. The monoisotopic (exact) mass is 563 g/mol. The standard InChI is InChI=1S/C23H29N7O2.HI/c1-3-24-23(26-12-10-21-27-22(32-28-21)20-9-4-5-11-25-20)30-15-13-29(14-16-30)18-7-6-8-19(17-18)31-2;/h4-9,11,17H,3,10,12-16H2,1-2H3,(H,24,26);1H. The minimum absolute atomic E-state index is 0. The van der Waals surface area contributed by atoms with Crippen LogP contribution >= 0.6 is 24.0 Å². The van der Waals surface area contributed by atoms with Crippen LogP contribution < -0.4 is 15.0 Å². The molecule has 0 aliphatic carbocycles. The average Bonchev–Trinajstić information content (AvgIpc) is 3.33. The molecule has 1 aliphatic heterocycles. The molecule has 10 heteroatoms. The van der Waals surface area contributed by atoms with Crippen LogP contribution in [0.3, 0.4) is 0 Å². The Morgan fingerprint density at radius 3 is 2.73 bits per heavy atom. The van der Waals surface area contributed by atoms with E-state index in [4.69, 9.17) is 14.3 Å². The summed E-state index contributed by atoms with van der Waals surface area (Å²) in [4.78, 5) is 18.1. The minimum Gasteiger partial charge on any atom is -0.497 e. The van der Waals surface area contributed by atoms with Crippen LogP contribution in [0.5, 0.6) is 5.75 Å². The number of benzene rings is 1. The molecule has 1 aliphatic rings. The lowest BCUT2D eigenvalue weighted by Gasteiger charge is -2.37. The summed E-state index contributed by atoms with van der Waals surface area (Å²) >= 11 is 0. The molecule has 3 aromatic rings. The number of hydrogen-bond acceptors (Lipinski definition) is 7. The Bertz CT molecular complexity index is 1020. The summed E-state index contributed by atoms with van der Waals surface area (Å²) < 4.78 is 10.7. The molecule has 0 radical (unpaired) electrons. The number of halogens is 1. The number of nitrogens with one attached hydrogen (secondary N) is 1. The molecule has 1 N–H and O–H groups in total. The number of aliphatic imine (C=N–C) groups is 1. The van der Waals surface area contributed by atoms with Crippen LogP contribution in [0.15, 0.2) is 58.2 Å². The summed E-state index contributed by atoms with van der Waals surface area (Å²) in [6.07, 6.45) is 2.31. The summed E-state index contributed by atoms with van der Waals surface area (Å²) in [5, 5.41) is 7.46. The summed E-state index contributed by atoms with van der Waals surface area (Å²) in [5.41, 5.74) is 1.86. The molecule has 3 heterocycles. The number of guanidine groups is 1. The molecule has 0 unspecified atom stereocenters. The van der Waals surface area contributed by atoms with Crippen molar-refractivity contribution in [1.82, 2.24) is 25.3 Å². The van der Waals surface area contributed by atoms with Gasteiger partial charge in [0.2, 0.25) is 0 Å². The Kier molecular flexibility index (Phi) is 9.28. The van der Waals surface area contributed by atoms with Crippen molar-refractivity contribution in [3.63, 3.8) is 0 Å². The Labute approximate surface area is 211 Å². The second-order valence-electron chi connectivity index (χ2n) is 7.39. The first-order valence-corrected chi connectivity index (χ1v) is 10.9. The van der Waals surface area contributed by atoms with E-state index in [1.165, 1.54) is 5.69 Å². The largest absolute Gasteiger partial charge is 0.497 e. The zero-order valence-electron chi connectivity index (χ0n) is 19.0. The normalized spacial score (nSPS) is 14.1. The number of piperazine rings is 1. The zero-order chi connectivity index (χ0) is 22.2. The fourth-order valence-corrected chi connectivity index (χ4v) is 3.62. The van der Waals surface area contributed by atoms with Crippen molar-refractivity contribution in [2.24, 2.45) is 4.99 Å². The molecule has 0 spiro atoms. The smallest absolute Gasteiger partial charge is 0.276 e. The van der Waals surface area contributed by atoms with Gasteiger partial charge in [0.15, 0.2) is 11.8 Å². The number of anilines is 1. The molecule has 0 atom stereocenters. The van der Waals surface area contributed by atoms with E-state index in [0.29, 0.717) is 30.4 Å². The van der Waals surface area contributed by atoms with Crippen molar-refractivity contribution >= 4 is 35.6 Å². The van der Waals surface area contributed by atoms with Gasteiger partial charge in [-0.05, 0) is 31.2 Å². The van der Waals surface area contributed by atoms with Crippen molar-refractivity contribution in [2.75, 3.05) is 51.3 Å². The lowest BCUT2D eigenvalue weighted by molar-refractivity contribution is 0.372. The molecule has 1 aromatic carbocycles. The van der Waals surface area contributed by atoms with Gasteiger partial charge in [0.05, 0.1) is 7.11 Å². The van der Waals surface area contributed by atoms with Crippen molar-refractivity contribution in [3.8, 4) is 17.3 Å². The molecule has 4 rings (SSSR count). The molecule has 1 fully saturated rings. The van der Waals surface area contributed by atoms with E-state index in [-0.39, 0.29) is 24.0 Å². The molecule has 176 valence electrons. The van der Waals surface area contributed by atoms with E-state index in [1.807, 2.05) is 30.3 Å². The molecule has 1 saturated heterocycles. The fourth-order valence-electron chi connectivity index (χ4n) is 3.62. The molecule has 2 aromatic heterocycles. The summed E-state index contributed by atoms with van der Waals surface area (Å²) in [7, 11) is 1.70. The highest BCUT2D eigenvalue weighted by Crippen LogP contribution is 2.22. The highest BCUT2D eigenvalue weighted by atomic mass is 127. The number of rotatable bonds is 7. The van der Waals surface area contributed by atoms with Crippen LogP contribution in [0.4, 0.5) is 5.69 Å². The van der Waals surface area contributed by atoms with Gasteiger partial charge in [0, 0.05) is 63.6 Å². The van der Waals surface area contributed by atoms with Gasteiger partial charge < -0.3 is 24.4 Å². The van der Waals surface area contributed by atoms with Crippen molar-refractivity contribution < 1.29 is 9.26 Å². The Morgan fingerprint density at radius 1 is 1.15 bits per heavy atom. The fraction of sp³-hybridized carbons (Fsp3) is 0.391. The highest BCUT2D eigenvalue weighted by Gasteiger charge is 2.20. The third-order valence-corrected chi connectivity index (χ3v) is 5.28. The van der Waals surface area contributed by atoms with Gasteiger partial charge >= 0.3 is 0 Å². The third kappa shape index (κ3) is 6.56. The van der Waals surface area contributed by atoms with Crippen LogP contribution in [-0.2, 0) is 6.42 Å². The first-order chi connectivity index (χ1) is 15.8. The summed E-state index contributed by atoms with van der Waals surface area (Å²) in [6, 6.07) is 13.8. The Morgan fingerprint density at radius 2 is 2.00 bits per heavy atom. The van der Waals surface area contributed by atoms with Gasteiger partial charge in [-0.25, -0.2) is 0 Å². The van der Waals surface area contributed by atoms with Gasteiger partial charge in [-0.3, -0.25) is 9.98 Å². The first-order valence-electron chi connectivity index (χ1n) is 10.9. The molecule has 0 bridgehead atoms. The van der Waals surface area contributed by atoms with E-state index < -0.39 is 0 Å². The SMILES string of the molecule is CCNC(=NCCc1noc(-c2ccccn2)n1)N1CCN(c2cccc(OC)c2)CC1.I. The van der Waals surface area contributed by atoms with E-state index in [0.717, 1.165) is 44.4 Å². The molecule has 0 amide bonds. The first kappa shape index (κ1) is 24.7. The second kappa shape index (κ2) is 12.4. The number of pyridine rings is 1. The maximum Gasteiger partial charge on any atom is 0.276 e. The Balaban J connectivity index is 0.00000306. The van der Waals surface area contributed by atoms with Crippen LogP contribution in [-0.4, -0.2) is 72.4 Å². The van der Waals surface area contributed by atoms with E-state index >= 15 is 0 Å². The zero-order valence-corrected chi connectivity index (χ0v) is 21.3. The quantitative estimate of drug-likeness (QED) is 0.267. The highest BCUT2D eigenvalue weighted by molar-refractivity contribution is 14.0. The maximum absolute atomic E-state index is 5.36. The summed E-state index contributed by atoms with van der Waals surface area (Å²) in [6.45, 7) is 7.14. The topological polar surface area (TPSA) is 91.9 Å². The molecular weight excluding hydrogens is 533 g/mol.